The molecule has 2 fully saturated rings. The Morgan fingerprint density at radius 1 is 0.806 bits per heavy atom. The number of rotatable bonds is 9. The van der Waals surface area contributed by atoms with E-state index in [1.165, 1.54) is 89.5 Å². The first-order valence-electron chi connectivity index (χ1n) is 12.7. The second-order valence-electron chi connectivity index (χ2n) is 10.2. The van der Waals surface area contributed by atoms with Crippen LogP contribution >= 0.6 is 11.6 Å². The number of hydrogen-bond acceptors (Lipinski definition) is 0. The Labute approximate surface area is 192 Å². The Morgan fingerprint density at radius 3 is 1.97 bits per heavy atom. The normalized spacial score (nSPS) is 27.4. The van der Waals surface area contributed by atoms with E-state index in [0.717, 1.165) is 42.2 Å². The molecule has 3 rings (SSSR count). The molecule has 2 aliphatic carbocycles. The Bertz CT molecular complexity index is 653. The van der Waals surface area contributed by atoms with Crippen molar-refractivity contribution < 1.29 is 13.2 Å². The highest BCUT2D eigenvalue weighted by Gasteiger charge is 2.34. The molecule has 2 aliphatic rings. The number of hydrogen-bond donors (Lipinski definition) is 0. The van der Waals surface area contributed by atoms with E-state index >= 15 is 0 Å². The number of unbranched alkanes of at least 4 members (excludes halogenated alkanes) is 5. The van der Waals surface area contributed by atoms with Gasteiger partial charge in [-0.05, 0) is 79.9 Å². The van der Waals surface area contributed by atoms with Crippen LogP contribution in [0.2, 0.25) is 5.02 Å². The van der Waals surface area contributed by atoms with E-state index in [4.69, 9.17) is 11.6 Å². The lowest BCUT2D eigenvalue weighted by atomic mass is 9.68. The minimum absolute atomic E-state index is 0.286. The highest BCUT2D eigenvalue weighted by Crippen LogP contribution is 2.46. The third-order valence-corrected chi connectivity index (χ3v) is 8.39. The Kier molecular flexibility index (Phi) is 9.62. The SMILES string of the molecule is CCCCCCCCC1CCC(C2CCC(c3ccc(C(F)(F)F)cc3Cl)CC2)CC1. The summed E-state index contributed by atoms with van der Waals surface area (Å²) in [5.74, 6) is 2.93. The van der Waals surface area contributed by atoms with Crippen molar-refractivity contribution in [3.8, 4) is 0 Å². The number of alkyl halides is 3. The van der Waals surface area contributed by atoms with Crippen molar-refractivity contribution in [1.82, 2.24) is 0 Å². The fourth-order valence-corrected chi connectivity index (χ4v) is 6.43. The molecule has 176 valence electrons. The lowest BCUT2D eigenvalue weighted by molar-refractivity contribution is -0.137. The summed E-state index contributed by atoms with van der Waals surface area (Å²) in [6.45, 7) is 2.27. The topological polar surface area (TPSA) is 0 Å². The van der Waals surface area contributed by atoms with Crippen LogP contribution < -0.4 is 0 Å². The molecule has 0 aromatic heterocycles. The number of halogens is 4. The molecule has 0 unspecified atom stereocenters. The zero-order valence-corrected chi connectivity index (χ0v) is 19.9. The van der Waals surface area contributed by atoms with Crippen LogP contribution in [0.15, 0.2) is 18.2 Å². The van der Waals surface area contributed by atoms with Crippen molar-refractivity contribution >= 4 is 11.6 Å². The molecule has 2 saturated carbocycles. The van der Waals surface area contributed by atoms with Gasteiger partial charge < -0.3 is 0 Å². The van der Waals surface area contributed by atoms with Crippen LogP contribution in [0.5, 0.6) is 0 Å². The molecule has 1 aromatic carbocycles. The van der Waals surface area contributed by atoms with Gasteiger partial charge in [0.25, 0.3) is 0 Å². The summed E-state index contributed by atoms with van der Waals surface area (Å²) in [4.78, 5) is 0. The van der Waals surface area contributed by atoms with Gasteiger partial charge in [0.05, 0.1) is 5.56 Å². The van der Waals surface area contributed by atoms with Crippen LogP contribution in [0.1, 0.15) is 120 Å². The average Bonchev–Trinajstić information content (AvgIpc) is 2.76. The van der Waals surface area contributed by atoms with Gasteiger partial charge in [0, 0.05) is 5.02 Å². The smallest absolute Gasteiger partial charge is 0.166 e. The van der Waals surface area contributed by atoms with E-state index in [2.05, 4.69) is 6.92 Å². The molecule has 0 aliphatic heterocycles. The summed E-state index contributed by atoms with van der Waals surface area (Å²) in [6.07, 6.45) is 15.6. The molecule has 0 spiro atoms. The van der Waals surface area contributed by atoms with Crippen molar-refractivity contribution in [3.05, 3.63) is 34.3 Å². The number of benzene rings is 1. The van der Waals surface area contributed by atoms with Gasteiger partial charge in [0.2, 0.25) is 0 Å². The van der Waals surface area contributed by atoms with Gasteiger partial charge in [0.1, 0.15) is 0 Å². The second-order valence-corrected chi connectivity index (χ2v) is 10.6. The molecule has 1 aromatic rings. The summed E-state index contributed by atoms with van der Waals surface area (Å²) in [6, 6.07) is 3.91. The van der Waals surface area contributed by atoms with Crippen molar-refractivity contribution in [2.24, 2.45) is 17.8 Å². The van der Waals surface area contributed by atoms with Crippen LogP contribution in [-0.2, 0) is 6.18 Å². The highest BCUT2D eigenvalue weighted by atomic mass is 35.5. The predicted molar refractivity (Wildman–Crippen MR) is 125 cm³/mol. The molecular formula is C27H40ClF3. The molecule has 0 bridgehead atoms. The Balaban J connectivity index is 1.38. The maximum Gasteiger partial charge on any atom is 0.416 e. The van der Waals surface area contributed by atoms with Crippen molar-refractivity contribution in [1.29, 1.82) is 0 Å². The standard InChI is InChI=1S/C27H40ClF3/c1-2-3-4-5-6-7-8-20-9-11-21(12-10-20)22-13-15-23(16-14-22)25-18-17-24(19-26(25)28)27(29,30)31/h17-23H,2-16H2,1H3. The molecule has 0 radical (unpaired) electrons. The van der Waals surface area contributed by atoms with Crippen LogP contribution in [0.3, 0.4) is 0 Å². The minimum atomic E-state index is -4.33. The van der Waals surface area contributed by atoms with Gasteiger partial charge in [-0.3, -0.25) is 0 Å². The summed E-state index contributed by atoms with van der Waals surface area (Å²) in [5.41, 5.74) is 0.267. The van der Waals surface area contributed by atoms with Gasteiger partial charge in [-0.1, -0.05) is 82.4 Å². The first kappa shape index (κ1) is 24.9. The third-order valence-electron chi connectivity index (χ3n) is 8.06. The molecule has 0 nitrogen and oxygen atoms in total. The lowest BCUT2D eigenvalue weighted by Crippen LogP contribution is -2.25. The highest BCUT2D eigenvalue weighted by molar-refractivity contribution is 6.31. The maximum atomic E-state index is 12.9. The molecule has 0 atom stereocenters. The van der Waals surface area contributed by atoms with Gasteiger partial charge >= 0.3 is 6.18 Å². The first-order valence-corrected chi connectivity index (χ1v) is 13.1. The second kappa shape index (κ2) is 12.0. The molecular weight excluding hydrogens is 417 g/mol. The maximum absolute atomic E-state index is 12.9. The quantitative estimate of drug-likeness (QED) is 0.324. The largest absolute Gasteiger partial charge is 0.416 e. The molecule has 0 amide bonds. The summed E-state index contributed by atoms with van der Waals surface area (Å²) >= 11 is 6.25. The summed E-state index contributed by atoms with van der Waals surface area (Å²) in [7, 11) is 0. The zero-order valence-electron chi connectivity index (χ0n) is 19.2. The van der Waals surface area contributed by atoms with Gasteiger partial charge in [0.15, 0.2) is 0 Å². The average molecular weight is 457 g/mol. The van der Waals surface area contributed by atoms with Gasteiger partial charge in [-0.15, -0.1) is 0 Å². The van der Waals surface area contributed by atoms with Crippen LogP contribution in [0, 0.1) is 17.8 Å². The fourth-order valence-electron chi connectivity index (χ4n) is 6.10. The summed E-state index contributed by atoms with van der Waals surface area (Å²) in [5, 5.41) is 0.286. The van der Waals surface area contributed by atoms with Crippen LogP contribution in [0.25, 0.3) is 0 Å². The van der Waals surface area contributed by atoms with E-state index in [9.17, 15) is 13.2 Å². The van der Waals surface area contributed by atoms with Crippen LogP contribution in [-0.4, -0.2) is 0 Å². The van der Waals surface area contributed by atoms with Gasteiger partial charge in [-0.2, -0.15) is 13.2 Å². The molecule has 31 heavy (non-hydrogen) atoms. The third kappa shape index (κ3) is 7.41. The van der Waals surface area contributed by atoms with Crippen molar-refractivity contribution in [3.63, 3.8) is 0 Å². The lowest BCUT2D eigenvalue weighted by Gasteiger charge is -2.38. The molecule has 0 heterocycles. The minimum Gasteiger partial charge on any atom is -0.166 e. The molecule has 0 saturated heterocycles. The van der Waals surface area contributed by atoms with Crippen molar-refractivity contribution in [2.75, 3.05) is 0 Å². The predicted octanol–water partition coefficient (Wildman–Crippen LogP) is 10.2. The van der Waals surface area contributed by atoms with E-state index < -0.39 is 11.7 Å². The fraction of sp³-hybridized carbons (Fsp3) is 0.778. The monoisotopic (exact) mass is 456 g/mol. The molecule has 0 N–H and O–H groups in total. The Hall–Kier alpha value is -0.700. The van der Waals surface area contributed by atoms with Crippen molar-refractivity contribution in [2.45, 2.75) is 115 Å². The van der Waals surface area contributed by atoms with Gasteiger partial charge in [-0.25, -0.2) is 0 Å². The molecule has 4 heteroatoms. The van der Waals surface area contributed by atoms with E-state index in [0.29, 0.717) is 5.92 Å². The van der Waals surface area contributed by atoms with E-state index in [-0.39, 0.29) is 5.02 Å². The zero-order chi connectivity index (χ0) is 22.3. The van der Waals surface area contributed by atoms with E-state index in [1.807, 2.05) is 0 Å². The summed E-state index contributed by atoms with van der Waals surface area (Å²) < 4.78 is 38.7. The van der Waals surface area contributed by atoms with Crippen LogP contribution in [0.4, 0.5) is 13.2 Å². The first-order chi connectivity index (χ1) is 14.9. The Morgan fingerprint density at radius 2 is 1.39 bits per heavy atom. The van der Waals surface area contributed by atoms with E-state index in [1.54, 1.807) is 6.07 Å².